The summed E-state index contributed by atoms with van der Waals surface area (Å²) < 4.78 is 40.6. The SMILES string of the molecule is COc1ccc(-c2coc3cc(OS(=O)(=O)c4ccccc4)ccc3c2=O)cc1. The maximum atomic E-state index is 12.9. The molecule has 7 heteroatoms. The summed E-state index contributed by atoms with van der Waals surface area (Å²) in [6.45, 7) is 0. The van der Waals surface area contributed by atoms with E-state index in [0.717, 1.165) is 0 Å². The molecule has 0 bridgehead atoms. The highest BCUT2D eigenvalue weighted by Crippen LogP contribution is 2.26. The lowest BCUT2D eigenvalue weighted by Gasteiger charge is -2.08. The van der Waals surface area contributed by atoms with E-state index in [4.69, 9.17) is 13.3 Å². The molecule has 0 aliphatic rings. The van der Waals surface area contributed by atoms with Gasteiger partial charge in [-0.3, -0.25) is 4.79 Å². The molecule has 6 nitrogen and oxygen atoms in total. The molecule has 0 aliphatic carbocycles. The zero-order valence-corrected chi connectivity index (χ0v) is 16.2. The number of hydrogen-bond acceptors (Lipinski definition) is 6. The maximum absolute atomic E-state index is 12.9. The molecule has 0 aliphatic heterocycles. The molecule has 0 N–H and O–H groups in total. The van der Waals surface area contributed by atoms with Gasteiger partial charge in [0, 0.05) is 6.07 Å². The summed E-state index contributed by atoms with van der Waals surface area (Å²) in [5.41, 5.74) is 1.08. The predicted molar refractivity (Wildman–Crippen MR) is 109 cm³/mol. The fraction of sp³-hybridized carbons (Fsp3) is 0.0455. The first-order valence-corrected chi connectivity index (χ1v) is 10.1. The number of fused-ring (bicyclic) bond motifs is 1. The van der Waals surface area contributed by atoms with Crippen molar-refractivity contribution in [3.05, 3.63) is 89.3 Å². The fourth-order valence-electron chi connectivity index (χ4n) is 2.89. The summed E-state index contributed by atoms with van der Waals surface area (Å²) in [4.78, 5) is 12.9. The van der Waals surface area contributed by atoms with Crippen LogP contribution in [0.15, 0.2) is 93.2 Å². The lowest BCUT2D eigenvalue weighted by molar-refractivity contribution is 0.415. The highest BCUT2D eigenvalue weighted by atomic mass is 32.2. The average Bonchev–Trinajstić information content (AvgIpc) is 2.74. The van der Waals surface area contributed by atoms with Crippen LogP contribution >= 0.6 is 0 Å². The summed E-state index contributed by atoms with van der Waals surface area (Å²) in [6, 6.07) is 19.2. The van der Waals surface area contributed by atoms with E-state index in [2.05, 4.69) is 0 Å². The van der Waals surface area contributed by atoms with E-state index < -0.39 is 10.1 Å². The number of methoxy groups -OCH3 is 1. The molecule has 1 aromatic heterocycles. The van der Waals surface area contributed by atoms with Gasteiger partial charge in [-0.15, -0.1) is 0 Å². The van der Waals surface area contributed by atoms with Crippen LogP contribution in [0.2, 0.25) is 0 Å². The van der Waals surface area contributed by atoms with Crippen LogP contribution in [0.25, 0.3) is 22.1 Å². The van der Waals surface area contributed by atoms with Crippen molar-refractivity contribution in [1.82, 2.24) is 0 Å². The van der Waals surface area contributed by atoms with Gasteiger partial charge >= 0.3 is 10.1 Å². The van der Waals surface area contributed by atoms with Gasteiger partial charge in [-0.1, -0.05) is 30.3 Å². The highest BCUT2D eigenvalue weighted by molar-refractivity contribution is 7.87. The Morgan fingerprint density at radius 2 is 1.55 bits per heavy atom. The lowest BCUT2D eigenvalue weighted by Crippen LogP contribution is -2.10. The van der Waals surface area contributed by atoms with E-state index in [0.29, 0.717) is 22.3 Å². The minimum absolute atomic E-state index is 0.0383. The molecule has 0 unspecified atom stereocenters. The molecule has 0 amide bonds. The van der Waals surface area contributed by atoms with Crippen molar-refractivity contribution in [2.24, 2.45) is 0 Å². The standard InChI is InChI=1S/C22H16O6S/c1-26-16-9-7-15(8-10-16)20-14-27-21-13-17(11-12-19(21)22(20)23)28-29(24,25)18-5-3-2-4-6-18/h2-14H,1H3. The second-order valence-electron chi connectivity index (χ2n) is 6.22. The Morgan fingerprint density at radius 1 is 0.862 bits per heavy atom. The van der Waals surface area contributed by atoms with Crippen molar-refractivity contribution in [3.63, 3.8) is 0 Å². The normalized spacial score (nSPS) is 11.3. The third-order valence-corrected chi connectivity index (χ3v) is 5.65. The molecule has 146 valence electrons. The number of hydrogen-bond donors (Lipinski definition) is 0. The number of benzene rings is 3. The maximum Gasteiger partial charge on any atom is 0.339 e. The van der Waals surface area contributed by atoms with E-state index in [1.807, 2.05) is 0 Å². The van der Waals surface area contributed by atoms with Gasteiger partial charge in [0.05, 0.1) is 18.1 Å². The van der Waals surface area contributed by atoms with E-state index in [-0.39, 0.29) is 21.7 Å². The van der Waals surface area contributed by atoms with Crippen molar-refractivity contribution in [2.45, 2.75) is 4.90 Å². The molecule has 0 saturated heterocycles. The zero-order chi connectivity index (χ0) is 20.4. The Labute approximate surface area is 167 Å². The van der Waals surface area contributed by atoms with Gasteiger partial charge < -0.3 is 13.3 Å². The van der Waals surface area contributed by atoms with Gasteiger partial charge in [0.25, 0.3) is 0 Å². The molecular weight excluding hydrogens is 392 g/mol. The topological polar surface area (TPSA) is 82.8 Å². The van der Waals surface area contributed by atoms with Crippen LogP contribution in [0.3, 0.4) is 0 Å². The van der Waals surface area contributed by atoms with Gasteiger partial charge in [0.1, 0.15) is 28.2 Å². The van der Waals surface area contributed by atoms with E-state index in [9.17, 15) is 13.2 Å². The van der Waals surface area contributed by atoms with Crippen LogP contribution in [-0.2, 0) is 10.1 Å². The van der Waals surface area contributed by atoms with Gasteiger partial charge in [-0.2, -0.15) is 8.42 Å². The second kappa shape index (κ2) is 7.44. The summed E-state index contributed by atoms with van der Waals surface area (Å²) in [7, 11) is -2.42. The molecule has 3 aromatic carbocycles. The molecular formula is C22H16O6S. The largest absolute Gasteiger partial charge is 0.497 e. The Morgan fingerprint density at radius 3 is 2.24 bits per heavy atom. The Hall–Kier alpha value is -3.58. The minimum Gasteiger partial charge on any atom is -0.497 e. The van der Waals surface area contributed by atoms with Gasteiger partial charge in [-0.05, 0) is 42.0 Å². The highest BCUT2D eigenvalue weighted by Gasteiger charge is 2.17. The average molecular weight is 408 g/mol. The quantitative estimate of drug-likeness (QED) is 0.460. The van der Waals surface area contributed by atoms with Crippen LogP contribution in [0.5, 0.6) is 11.5 Å². The molecule has 1 heterocycles. The van der Waals surface area contributed by atoms with Crippen molar-refractivity contribution in [1.29, 1.82) is 0 Å². The first kappa shape index (κ1) is 18.8. The van der Waals surface area contributed by atoms with Crippen molar-refractivity contribution < 1.29 is 21.8 Å². The second-order valence-corrected chi connectivity index (χ2v) is 7.76. The lowest BCUT2D eigenvalue weighted by atomic mass is 10.1. The van der Waals surface area contributed by atoms with Crippen LogP contribution in [-0.4, -0.2) is 15.5 Å². The molecule has 0 atom stereocenters. The van der Waals surface area contributed by atoms with Gasteiger partial charge in [0.2, 0.25) is 0 Å². The third kappa shape index (κ3) is 3.72. The zero-order valence-electron chi connectivity index (χ0n) is 15.4. The predicted octanol–water partition coefficient (Wildman–Crippen LogP) is 4.24. The minimum atomic E-state index is -3.98. The first-order valence-electron chi connectivity index (χ1n) is 8.67. The molecule has 4 aromatic rings. The molecule has 0 radical (unpaired) electrons. The van der Waals surface area contributed by atoms with Crippen LogP contribution in [0.4, 0.5) is 0 Å². The van der Waals surface area contributed by atoms with Crippen molar-refractivity contribution in [3.8, 4) is 22.6 Å². The molecule has 0 spiro atoms. The van der Waals surface area contributed by atoms with Crippen LogP contribution < -0.4 is 14.3 Å². The van der Waals surface area contributed by atoms with Crippen LogP contribution in [0, 0.1) is 0 Å². The smallest absolute Gasteiger partial charge is 0.339 e. The van der Waals surface area contributed by atoms with E-state index in [1.54, 1.807) is 49.6 Å². The summed E-state index contributed by atoms with van der Waals surface area (Å²) >= 11 is 0. The first-order chi connectivity index (χ1) is 14.0. The number of ether oxygens (including phenoxy) is 1. The summed E-state index contributed by atoms with van der Waals surface area (Å²) in [5.74, 6) is 0.738. The molecule has 0 fully saturated rings. The van der Waals surface area contributed by atoms with Crippen LogP contribution in [0.1, 0.15) is 0 Å². The van der Waals surface area contributed by atoms with Gasteiger partial charge in [-0.25, -0.2) is 0 Å². The summed E-state index contributed by atoms with van der Waals surface area (Å²) in [5, 5.41) is 0.322. The monoisotopic (exact) mass is 408 g/mol. The molecule has 29 heavy (non-hydrogen) atoms. The van der Waals surface area contributed by atoms with E-state index in [1.165, 1.54) is 36.6 Å². The van der Waals surface area contributed by atoms with Crippen molar-refractivity contribution in [2.75, 3.05) is 7.11 Å². The fourth-order valence-corrected chi connectivity index (χ4v) is 3.84. The Kier molecular flexibility index (Phi) is 4.82. The van der Waals surface area contributed by atoms with E-state index >= 15 is 0 Å². The summed E-state index contributed by atoms with van der Waals surface area (Å²) in [6.07, 6.45) is 1.35. The Balaban J connectivity index is 1.70. The number of rotatable bonds is 5. The third-order valence-electron chi connectivity index (χ3n) is 4.38. The molecule has 4 rings (SSSR count). The Bertz CT molecular complexity index is 1320. The van der Waals surface area contributed by atoms with Crippen molar-refractivity contribution >= 4 is 21.1 Å². The van der Waals surface area contributed by atoms with Gasteiger partial charge in [0.15, 0.2) is 5.43 Å². The molecule has 0 saturated carbocycles.